The van der Waals surface area contributed by atoms with Crippen molar-refractivity contribution in [1.82, 2.24) is 0 Å². The van der Waals surface area contributed by atoms with Crippen LogP contribution < -0.4 is 9.46 Å². The van der Waals surface area contributed by atoms with Crippen LogP contribution in [-0.2, 0) is 10.0 Å². The van der Waals surface area contributed by atoms with Crippen LogP contribution in [0.4, 0.5) is 11.4 Å². The summed E-state index contributed by atoms with van der Waals surface area (Å²) in [4.78, 5) is 4.65. The number of ether oxygens (including phenoxy) is 1. The van der Waals surface area contributed by atoms with E-state index in [1.807, 2.05) is 37.3 Å². The maximum atomic E-state index is 12.7. The number of aliphatic imine (C=N–C) groups is 1. The molecule has 138 valence electrons. The minimum absolute atomic E-state index is 0.213. The maximum Gasteiger partial charge on any atom is 0.261 e. The molecule has 27 heavy (non-hydrogen) atoms. The zero-order valence-corrected chi connectivity index (χ0v) is 15.9. The second-order valence-electron chi connectivity index (χ2n) is 5.94. The van der Waals surface area contributed by atoms with Crippen molar-refractivity contribution in [3.8, 4) is 5.75 Å². The van der Waals surface area contributed by atoms with Crippen molar-refractivity contribution >= 4 is 27.6 Å². The summed E-state index contributed by atoms with van der Waals surface area (Å²) in [5, 5.41) is 0. The number of hydrogen-bond donors (Lipinski definition) is 1. The van der Waals surface area contributed by atoms with Gasteiger partial charge >= 0.3 is 0 Å². The van der Waals surface area contributed by atoms with Gasteiger partial charge in [0.25, 0.3) is 10.0 Å². The molecule has 3 aromatic carbocycles. The number of sulfonamides is 1. The third kappa shape index (κ3) is 4.54. The van der Waals surface area contributed by atoms with E-state index in [9.17, 15) is 8.42 Å². The molecule has 0 aliphatic carbocycles. The van der Waals surface area contributed by atoms with Gasteiger partial charge in [-0.3, -0.25) is 9.71 Å². The molecule has 0 radical (unpaired) electrons. The van der Waals surface area contributed by atoms with Crippen molar-refractivity contribution < 1.29 is 13.2 Å². The van der Waals surface area contributed by atoms with E-state index in [4.69, 9.17) is 4.74 Å². The number of aryl methyl sites for hydroxylation is 1. The lowest BCUT2D eigenvalue weighted by molar-refractivity contribution is 0.416. The van der Waals surface area contributed by atoms with Crippen molar-refractivity contribution in [2.24, 2.45) is 4.99 Å². The second-order valence-corrected chi connectivity index (χ2v) is 7.62. The van der Waals surface area contributed by atoms with Crippen LogP contribution in [0.15, 0.2) is 82.7 Å². The summed E-state index contributed by atoms with van der Waals surface area (Å²) in [6.07, 6.45) is 1.62. The number of nitrogens with one attached hydrogen (secondary N) is 1. The SMILES string of the molecule is COc1ccccc1N=Cc1ccccc1NS(=O)(=O)c1ccc(C)cc1. The molecule has 1 N–H and O–H groups in total. The van der Waals surface area contributed by atoms with Crippen LogP contribution in [0, 0.1) is 6.92 Å². The summed E-state index contributed by atoms with van der Waals surface area (Å²) in [7, 11) is -2.10. The Hall–Kier alpha value is -3.12. The Morgan fingerprint density at radius 2 is 1.59 bits per heavy atom. The Kier molecular flexibility index (Phi) is 5.57. The van der Waals surface area contributed by atoms with Crippen molar-refractivity contribution in [3.05, 3.63) is 83.9 Å². The van der Waals surface area contributed by atoms with Crippen LogP contribution in [0.5, 0.6) is 5.75 Å². The zero-order chi connectivity index (χ0) is 19.3. The minimum atomic E-state index is -3.68. The van der Waals surface area contributed by atoms with E-state index in [1.165, 1.54) is 0 Å². The summed E-state index contributed by atoms with van der Waals surface area (Å²) in [6.45, 7) is 1.91. The smallest absolute Gasteiger partial charge is 0.261 e. The van der Waals surface area contributed by atoms with Crippen LogP contribution in [0.3, 0.4) is 0 Å². The van der Waals surface area contributed by atoms with Crippen molar-refractivity contribution in [3.63, 3.8) is 0 Å². The lowest BCUT2D eigenvalue weighted by Crippen LogP contribution is -2.14. The van der Waals surface area contributed by atoms with Crippen LogP contribution in [0.25, 0.3) is 0 Å². The highest BCUT2D eigenvalue weighted by molar-refractivity contribution is 7.92. The van der Waals surface area contributed by atoms with E-state index in [0.29, 0.717) is 22.7 Å². The lowest BCUT2D eigenvalue weighted by Gasteiger charge is -2.11. The van der Waals surface area contributed by atoms with E-state index in [-0.39, 0.29) is 4.90 Å². The number of benzene rings is 3. The van der Waals surface area contributed by atoms with Gasteiger partial charge in [-0.05, 0) is 37.3 Å². The van der Waals surface area contributed by atoms with Gasteiger partial charge in [0, 0.05) is 11.8 Å². The van der Waals surface area contributed by atoms with Gasteiger partial charge in [0.05, 0.1) is 17.7 Å². The molecule has 3 rings (SSSR count). The largest absolute Gasteiger partial charge is 0.494 e. The van der Waals surface area contributed by atoms with E-state index in [0.717, 1.165) is 5.56 Å². The zero-order valence-electron chi connectivity index (χ0n) is 15.1. The van der Waals surface area contributed by atoms with Crippen molar-refractivity contribution in [1.29, 1.82) is 0 Å². The number of hydrogen-bond acceptors (Lipinski definition) is 4. The molecule has 6 heteroatoms. The van der Waals surface area contributed by atoms with E-state index in [2.05, 4.69) is 9.71 Å². The highest BCUT2D eigenvalue weighted by Gasteiger charge is 2.15. The van der Waals surface area contributed by atoms with Gasteiger partial charge in [-0.1, -0.05) is 48.0 Å². The number of methoxy groups -OCH3 is 1. The van der Waals surface area contributed by atoms with Gasteiger partial charge in [0.15, 0.2) is 0 Å². The van der Waals surface area contributed by atoms with Gasteiger partial charge in [-0.2, -0.15) is 0 Å². The molecule has 0 heterocycles. The number of nitrogens with zero attached hydrogens (tertiary/aromatic N) is 1. The second kappa shape index (κ2) is 8.05. The Morgan fingerprint density at radius 1 is 0.926 bits per heavy atom. The molecule has 0 aliphatic heterocycles. The molecule has 0 unspecified atom stereocenters. The Morgan fingerprint density at radius 3 is 2.33 bits per heavy atom. The van der Waals surface area contributed by atoms with Crippen molar-refractivity contribution in [2.75, 3.05) is 11.8 Å². The quantitative estimate of drug-likeness (QED) is 0.638. The van der Waals surface area contributed by atoms with E-state index >= 15 is 0 Å². The molecule has 0 fully saturated rings. The summed E-state index contributed by atoms with van der Waals surface area (Å²) < 4.78 is 33.3. The molecule has 0 saturated carbocycles. The van der Waals surface area contributed by atoms with Gasteiger partial charge in [-0.15, -0.1) is 0 Å². The first-order valence-electron chi connectivity index (χ1n) is 8.35. The predicted octanol–water partition coefficient (Wildman–Crippen LogP) is 4.56. The first-order valence-corrected chi connectivity index (χ1v) is 9.83. The first-order chi connectivity index (χ1) is 13.0. The van der Waals surface area contributed by atoms with Gasteiger partial charge < -0.3 is 4.74 Å². The molecule has 0 aromatic heterocycles. The molecular formula is C21H20N2O3S. The topological polar surface area (TPSA) is 67.8 Å². The average molecular weight is 380 g/mol. The monoisotopic (exact) mass is 380 g/mol. The van der Waals surface area contributed by atoms with E-state index < -0.39 is 10.0 Å². The first kappa shape index (κ1) is 18.7. The van der Waals surface area contributed by atoms with Crippen LogP contribution in [-0.4, -0.2) is 21.7 Å². The summed E-state index contributed by atoms with van der Waals surface area (Å²) in [5.74, 6) is 0.645. The molecule has 0 spiro atoms. The average Bonchev–Trinajstić information content (AvgIpc) is 2.67. The number of para-hydroxylation sites is 3. The highest BCUT2D eigenvalue weighted by Crippen LogP contribution is 2.27. The van der Waals surface area contributed by atoms with Crippen LogP contribution in [0.1, 0.15) is 11.1 Å². The Balaban J connectivity index is 1.90. The lowest BCUT2D eigenvalue weighted by atomic mass is 10.2. The van der Waals surface area contributed by atoms with Crippen LogP contribution >= 0.6 is 0 Å². The van der Waals surface area contributed by atoms with Gasteiger partial charge in [0.2, 0.25) is 0 Å². The number of rotatable bonds is 6. The fourth-order valence-electron chi connectivity index (χ4n) is 2.50. The summed E-state index contributed by atoms with van der Waals surface area (Å²) in [5.41, 5.74) is 2.77. The summed E-state index contributed by atoms with van der Waals surface area (Å²) >= 11 is 0. The van der Waals surface area contributed by atoms with E-state index in [1.54, 1.807) is 55.8 Å². The predicted molar refractivity (Wildman–Crippen MR) is 109 cm³/mol. The normalized spacial score (nSPS) is 11.5. The minimum Gasteiger partial charge on any atom is -0.494 e. The maximum absolute atomic E-state index is 12.7. The third-order valence-electron chi connectivity index (χ3n) is 3.96. The molecule has 0 saturated heterocycles. The summed E-state index contributed by atoms with van der Waals surface area (Å²) in [6, 6.07) is 21.2. The molecule has 3 aromatic rings. The molecule has 0 amide bonds. The molecule has 0 aliphatic rings. The van der Waals surface area contributed by atoms with Crippen molar-refractivity contribution in [2.45, 2.75) is 11.8 Å². The number of anilines is 1. The van der Waals surface area contributed by atoms with Gasteiger partial charge in [0.1, 0.15) is 11.4 Å². The van der Waals surface area contributed by atoms with Gasteiger partial charge in [-0.25, -0.2) is 8.42 Å². The molecule has 0 bridgehead atoms. The third-order valence-corrected chi connectivity index (χ3v) is 5.35. The Bertz CT molecular complexity index is 1060. The standard InChI is InChI=1S/C21H20N2O3S/c1-16-11-13-18(14-12-16)27(24,25)23-19-8-4-3-7-17(19)15-22-20-9-5-6-10-21(20)26-2/h3-15,23H,1-2H3. The fourth-order valence-corrected chi connectivity index (χ4v) is 3.59. The molecule has 0 atom stereocenters. The van der Waals surface area contributed by atoms with Crippen LogP contribution in [0.2, 0.25) is 0 Å². The Labute approximate surface area is 159 Å². The molecule has 5 nitrogen and oxygen atoms in total. The fraction of sp³-hybridized carbons (Fsp3) is 0.0952. The molecular weight excluding hydrogens is 360 g/mol. The highest BCUT2D eigenvalue weighted by atomic mass is 32.2.